The lowest BCUT2D eigenvalue weighted by molar-refractivity contribution is -0.124. The van der Waals surface area contributed by atoms with Gasteiger partial charge < -0.3 is 39.4 Å². The molecule has 0 radical (unpaired) electrons. The lowest BCUT2D eigenvalue weighted by atomic mass is 10.1. The summed E-state index contributed by atoms with van der Waals surface area (Å²) in [4.78, 5) is 31.8. The summed E-state index contributed by atoms with van der Waals surface area (Å²) < 4.78 is 42.8. The second-order valence-corrected chi connectivity index (χ2v) is 8.12. The molecule has 3 rings (SSSR count). The number of hydrogen-bond acceptors (Lipinski definition) is 12. The molecule has 3 heterocycles. The van der Waals surface area contributed by atoms with Gasteiger partial charge in [-0.25, -0.2) is 23.6 Å². The number of aliphatic hydroxyl groups is 3. The van der Waals surface area contributed by atoms with Crippen molar-refractivity contribution in [2.24, 2.45) is 0 Å². The maximum absolute atomic E-state index is 12.8. The number of imidazole rings is 1. The Morgan fingerprint density at radius 1 is 1.19 bits per heavy atom. The lowest BCUT2D eigenvalue weighted by Crippen LogP contribution is -2.34. The molecular formula is C10H14N4O11P2. The van der Waals surface area contributed by atoms with E-state index in [1.807, 2.05) is 0 Å². The summed E-state index contributed by atoms with van der Waals surface area (Å²) >= 11 is 0. The summed E-state index contributed by atoms with van der Waals surface area (Å²) in [5.74, 6) is -0.485. The van der Waals surface area contributed by atoms with Crippen LogP contribution in [-0.4, -0.2) is 76.3 Å². The molecule has 1 aliphatic rings. The van der Waals surface area contributed by atoms with Gasteiger partial charge in [0.15, 0.2) is 11.9 Å². The lowest BCUT2D eigenvalue weighted by Gasteiger charge is -2.22. The molecule has 0 bridgehead atoms. The van der Waals surface area contributed by atoms with Gasteiger partial charge in [0.1, 0.15) is 30.2 Å². The Balaban J connectivity index is 1.89. The van der Waals surface area contributed by atoms with E-state index in [4.69, 9.17) is 28.7 Å². The number of phosphoric acid groups is 2. The van der Waals surface area contributed by atoms with E-state index in [0.717, 1.165) is 6.33 Å². The van der Waals surface area contributed by atoms with E-state index in [0.29, 0.717) is 0 Å². The quantitative estimate of drug-likeness (QED) is 0.273. The van der Waals surface area contributed by atoms with Crippen LogP contribution in [0.25, 0.3) is 11.2 Å². The second kappa shape index (κ2) is 7.48. The standard InChI is InChI=1S/C10H14N4O11P2/c15-1-4-6(16)7(17)10(22-4)24-27(21,25-26(18,19)20)23-9-5-8(12-2-11-5)13-3-14-9/h2-4,6-7,10,15-17H,1H2,(H2,18,19,20)(H,11,12,13,14)/t4-,6-,7-,10?,27?/m1/s1. The largest absolute Gasteiger partial charge is 0.542 e. The van der Waals surface area contributed by atoms with Gasteiger partial charge in [0.25, 0.3) is 5.88 Å². The number of hydrogen-bond donors (Lipinski definition) is 6. The van der Waals surface area contributed by atoms with E-state index >= 15 is 0 Å². The van der Waals surface area contributed by atoms with E-state index in [9.17, 15) is 19.3 Å². The van der Waals surface area contributed by atoms with Crippen molar-refractivity contribution in [2.45, 2.75) is 24.6 Å². The highest BCUT2D eigenvalue weighted by molar-refractivity contribution is 7.61. The Morgan fingerprint density at radius 2 is 1.93 bits per heavy atom. The van der Waals surface area contributed by atoms with Crippen LogP contribution >= 0.6 is 15.6 Å². The zero-order chi connectivity index (χ0) is 19.8. The topological polar surface area (TPSA) is 227 Å². The van der Waals surface area contributed by atoms with E-state index < -0.39 is 52.7 Å². The molecule has 15 nitrogen and oxygen atoms in total. The maximum Gasteiger partial charge on any atom is 0.542 e. The molecule has 6 N–H and O–H groups in total. The molecule has 0 aromatic carbocycles. The smallest absolute Gasteiger partial charge is 0.394 e. The average molecular weight is 428 g/mol. The van der Waals surface area contributed by atoms with Gasteiger partial charge in [-0.2, -0.15) is 9.29 Å². The maximum atomic E-state index is 12.8. The highest BCUT2D eigenvalue weighted by Gasteiger charge is 2.50. The SMILES string of the molecule is O=P(O)(O)OP(=O)(Oc1ncnc2nc[nH]c12)OC1O[C@H](CO)[C@@H](O)[C@H]1O. The second-order valence-electron chi connectivity index (χ2n) is 5.20. The number of aliphatic hydroxyl groups excluding tert-OH is 3. The van der Waals surface area contributed by atoms with E-state index in [-0.39, 0.29) is 11.2 Å². The molecule has 27 heavy (non-hydrogen) atoms. The Morgan fingerprint density at radius 3 is 2.56 bits per heavy atom. The highest BCUT2D eigenvalue weighted by Crippen LogP contribution is 2.62. The third-order valence-electron chi connectivity index (χ3n) is 3.32. The first-order valence-electron chi connectivity index (χ1n) is 7.13. The third-order valence-corrected chi connectivity index (χ3v) is 5.84. The predicted octanol–water partition coefficient (Wildman–Crippen LogP) is -1.60. The molecule has 0 amide bonds. The number of nitrogens with one attached hydrogen (secondary N) is 1. The number of aromatic amines is 1. The van der Waals surface area contributed by atoms with Crippen molar-refractivity contribution in [2.75, 3.05) is 6.61 Å². The molecular weight excluding hydrogens is 414 g/mol. The first-order valence-corrected chi connectivity index (χ1v) is 10.1. The highest BCUT2D eigenvalue weighted by atomic mass is 31.3. The summed E-state index contributed by atoms with van der Waals surface area (Å²) in [5, 5.41) is 28.6. The van der Waals surface area contributed by atoms with Crippen molar-refractivity contribution in [1.29, 1.82) is 0 Å². The summed E-state index contributed by atoms with van der Waals surface area (Å²) in [5.41, 5.74) is 0.0902. The van der Waals surface area contributed by atoms with Crippen LogP contribution in [0.5, 0.6) is 5.88 Å². The van der Waals surface area contributed by atoms with Crippen LogP contribution in [0.3, 0.4) is 0 Å². The molecule has 5 atom stereocenters. The molecule has 2 aromatic rings. The summed E-state index contributed by atoms with van der Waals surface area (Å²) in [7, 11) is -10.6. The van der Waals surface area contributed by atoms with Gasteiger partial charge in [-0.15, -0.1) is 0 Å². The van der Waals surface area contributed by atoms with Crippen LogP contribution in [0.4, 0.5) is 0 Å². The summed E-state index contributed by atoms with van der Waals surface area (Å²) in [6, 6.07) is 0. The average Bonchev–Trinajstić information content (AvgIpc) is 3.14. The van der Waals surface area contributed by atoms with Crippen LogP contribution in [0.2, 0.25) is 0 Å². The molecule has 2 aromatic heterocycles. The van der Waals surface area contributed by atoms with Crippen molar-refractivity contribution < 1.29 is 52.3 Å². The van der Waals surface area contributed by atoms with Gasteiger partial charge in [-0.05, 0) is 0 Å². The van der Waals surface area contributed by atoms with Gasteiger partial charge >= 0.3 is 15.6 Å². The molecule has 2 unspecified atom stereocenters. The van der Waals surface area contributed by atoms with Crippen LogP contribution in [0.15, 0.2) is 12.7 Å². The van der Waals surface area contributed by atoms with Crippen molar-refractivity contribution >= 4 is 26.8 Å². The zero-order valence-corrected chi connectivity index (χ0v) is 14.9. The van der Waals surface area contributed by atoms with E-state index in [1.54, 1.807) is 0 Å². The molecule has 150 valence electrons. The Bertz CT molecular complexity index is 902. The molecule has 0 aliphatic carbocycles. The molecule has 1 fully saturated rings. The zero-order valence-electron chi connectivity index (χ0n) is 13.1. The van der Waals surface area contributed by atoms with Gasteiger partial charge in [0.2, 0.25) is 0 Å². The fraction of sp³-hybridized carbons (Fsp3) is 0.500. The number of fused-ring (bicyclic) bond motifs is 1. The first-order chi connectivity index (χ1) is 12.6. The van der Waals surface area contributed by atoms with Crippen LogP contribution < -0.4 is 4.52 Å². The Kier molecular flexibility index (Phi) is 5.61. The van der Waals surface area contributed by atoms with E-state index in [1.165, 1.54) is 6.33 Å². The number of nitrogens with zero attached hydrogens (tertiary/aromatic N) is 3. The number of H-pyrrole nitrogens is 1. The fourth-order valence-electron chi connectivity index (χ4n) is 2.19. The van der Waals surface area contributed by atoms with Crippen LogP contribution in [0, 0.1) is 0 Å². The number of aromatic nitrogens is 4. The predicted molar refractivity (Wildman–Crippen MR) is 81.9 cm³/mol. The molecule has 0 saturated carbocycles. The summed E-state index contributed by atoms with van der Waals surface area (Å²) in [6.07, 6.45) is -4.47. The molecule has 1 saturated heterocycles. The molecule has 1 aliphatic heterocycles. The van der Waals surface area contributed by atoms with Crippen molar-refractivity contribution in [3.63, 3.8) is 0 Å². The Hall–Kier alpha value is -1.51. The minimum atomic E-state index is -5.42. The number of phosphoric ester groups is 1. The molecule has 17 heteroatoms. The van der Waals surface area contributed by atoms with Crippen LogP contribution in [0.1, 0.15) is 0 Å². The monoisotopic (exact) mass is 428 g/mol. The Labute approximate surface area is 149 Å². The van der Waals surface area contributed by atoms with Crippen molar-refractivity contribution in [3.05, 3.63) is 12.7 Å². The van der Waals surface area contributed by atoms with E-state index in [2.05, 4.69) is 24.2 Å². The number of rotatable bonds is 7. The van der Waals surface area contributed by atoms with Crippen molar-refractivity contribution in [3.8, 4) is 5.88 Å². The van der Waals surface area contributed by atoms with Gasteiger partial charge in [0, 0.05) is 0 Å². The first kappa shape index (κ1) is 20.2. The number of ether oxygens (including phenoxy) is 1. The van der Waals surface area contributed by atoms with Crippen molar-refractivity contribution in [1.82, 2.24) is 19.9 Å². The third kappa shape index (κ3) is 4.50. The normalized spacial score (nSPS) is 28.3. The minimum Gasteiger partial charge on any atom is -0.394 e. The minimum absolute atomic E-state index is 0.0109. The summed E-state index contributed by atoms with van der Waals surface area (Å²) in [6.45, 7) is -0.719. The van der Waals surface area contributed by atoms with Crippen LogP contribution in [-0.2, 0) is 22.7 Å². The fourth-order valence-corrected chi connectivity index (χ4v) is 4.34. The molecule has 0 spiro atoms. The van der Waals surface area contributed by atoms with Gasteiger partial charge in [-0.3, -0.25) is 0 Å². The van der Waals surface area contributed by atoms with Gasteiger partial charge in [-0.1, -0.05) is 0 Å². The van der Waals surface area contributed by atoms with Gasteiger partial charge in [0.05, 0.1) is 12.9 Å².